The van der Waals surface area contributed by atoms with Crippen LogP contribution in [0.1, 0.15) is 24.8 Å². The molecule has 1 fully saturated rings. The van der Waals surface area contributed by atoms with E-state index in [1.807, 2.05) is 12.1 Å². The van der Waals surface area contributed by atoms with Crippen LogP contribution in [0.2, 0.25) is 0 Å². The summed E-state index contributed by atoms with van der Waals surface area (Å²) in [6.45, 7) is 1.07. The van der Waals surface area contributed by atoms with Gasteiger partial charge in [-0.25, -0.2) is 4.39 Å². The van der Waals surface area contributed by atoms with Crippen LogP contribution in [0.4, 0.5) is 4.39 Å². The predicted molar refractivity (Wildman–Crippen MR) is 64.9 cm³/mol. The Kier molecular flexibility index (Phi) is 4.11. The third-order valence-corrected chi connectivity index (χ3v) is 2.75. The zero-order valence-electron chi connectivity index (χ0n) is 9.45. The molecule has 2 rings (SSSR count). The summed E-state index contributed by atoms with van der Waals surface area (Å²) in [5, 5.41) is 3.46. The quantitative estimate of drug-likeness (QED) is 0.572. The molecule has 0 radical (unpaired) electrons. The molecule has 0 spiro atoms. The molecule has 0 heterocycles. The maximum absolute atomic E-state index is 12.6. The van der Waals surface area contributed by atoms with E-state index < -0.39 is 0 Å². The lowest BCUT2D eigenvalue weighted by molar-refractivity contribution is 0.627. The number of nitrogens with one attached hydrogen (secondary N) is 1. The SMILES string of the molecule is Fc1ccc(CC=CCCNC2CC2)cc1. The molecule has 0 unspecified atom stereocenters. The van der Waals surface area contributed by atoms with Crippen molar-refractivity contribution in [1.82, 2.24) is 5.32 Å². The van der Waals surface area contributed by atoms with Gasteiger partial charge in [0, 0.05) is 6.04 Å². The minimum absolute atomic E-state index is 0.165. The molecule has 1 nitrogen and oxygen atoms in total. The molecule has 1 aromatic carbocycles. The summed E-state index contributed by atoms with van der Waals surface area (Å²) in [6, 6.07) is 7.49. The van der Waals surface area contributed by atoms with E-state index in [1.165, 1.54) is 25.0 Å². The Labute approximate surface area is 96.4 Å². The van der Waals surface area contributed by atoms with Gasteiger partial charge in [0.1, 0.15) is 5.82 Å². The van der Waals surface area contributed by atoms with Crippen LogP contribution in [0.15, 0.2) is 36.4 Å². The highest BCUT2D eigenvalue weighted by molar-refractivity contribution is 5.18. The Balaban J connectivity index is 1.61. The van der Waals surface area contributed by atoms with Gasteiger partial charge in [-0.2, -0.15) is 0 Å². The Morgan fingerprint density at radius 1 is 1.19 bits per heavy atom. The fourth-order valence-electron chi connectivity index (χ4n) is 1.62. The summed E-state index contributed by atoms with van der Waals surface area (Å²) in [5.41, 5.74) is 1.16. The molecule has 0 amide bonds. The highest BCUT2D eigenvalue weighted by Crippen LogP contribution is 2.18. The second kappa shape index (κ2) is 5.80. The number of rotatable bonds is 6. The van der Waals surface area contributed by atoms with E-state index in [9.17, 15) is 4.39 Å². The monoisotopic (exact) mass is 219 g/mol. The first-order chi connectivity index (χ1) is 7.84. The van der Waals surface area contributed by atoms with Crippen molar-refractivity contribution in [2.75, 3.05) is 6.54 Å². The van der Waals surface area contributed by atoms with Crippen LogP contribution in [0, 0.1) is 5.82 Å². The smallest absolute Gasteiger partial charge is 0.123 e. The van der Waals surface area contributed by atoms with E-state index in [0.29, 0.717) is 0 Å². The number of halogens is 1. The third-order valence-electron chi connectivity index (χ3n) is 2.75. The van der Waals surface area contributed by atoms with Crippen LogP contribution < -0.4 is 5.32 Å². The second-order valence-electron chi connectivity index (χ2n) is 4.32. The molecule has 0 bridgehead atoms. The van der Waals surface area contributed by atoms with Crippen molar-refractivity contribution < 1.29 is 4.39 Å². The van der Waals surface area contributed by atoms with E-state index in [4.69, 9.17) is 0 Å². The normalized spacial score (nSPS) is 15.8. The maximum atomic E-state index is 12.6. The highest BCUT2D eigenvalue weighted by atomic mass is 19.1. The van der Waals surface area contributed by atoms with Crippen molar-refractivity contribution in [3.8, 4) is 0 Å². The van der Waals surface area contributed by atoms with E-state index in [-0.39, 0.29) is 5.82 Å². The number of allylic oxidation sites excluding steroid dienone is 1. The van der Waals surface area contributed by atoms with E-state index in [1.54, 1.807) is 0 Å². The van der Waals surface area contributed by atoms with Crippen molar-refractivity contribution in [1.29, 1.82) is 0 Å². The van der Waals surface area contributed by atoms with Crippen molar-refractivity contribution in [2.24, 2.45) is 0 Å². The first kappa shape index (κ1) is 11.3. The molecule has 0 aliphatic heterocycles. The molecule has 0 aromatic heterocycles. The van der Waals surface area contributed by atoms with Crippen LogP contribution in [0.25, 0.3) is 0 Å². The number of hydrogen-bond acceptors (Lipinski definition) is 1. The molecular weight excluding hydrogens is 201 g/mol. The van der Waals surface area contributed by atoms with Gasteiger partial charge in [0.25, 0.3) is 0 Å². The highest BCUT2D eigenvalue weighted by Gasteiger charge is 2.19. The van der Waals surface area contributed by atoms with Gasteiger partial charge in [-0.15, -0.1) is 0 Å². The lowest BCUT2D eigenvalue weighted by Gasteiger charge is -1.98. The molecular formula is C14H18FN. The average molecular weight is 219 g/mol. The van der Waals surface area contributed by atoms with Crippen LogP contribution in [0.3, 0.4) is 0 Å². The summed E-state index contributed by atoms with van der Waals surface area (Å²) in [6.07, 6.45) is 9.01. The molecule has 1 aliphatic carbocycles. The lowest BCUT2D eigenvalue weighted by Crippen LogP contribution is -2.16. The topological polar surface area (TPSA) is 12.0 Å². The molecule has 1 saturated carbocycles. The van der Waals surface area contributed by atoms with Gasteiger partial charge < -0.3 is 5.32 Å². The lowest BCUT2D eigenvalue weighted by atomic mass is 10.1. The molecule has 2 heteroatoms. The Morgan fingerprint density at radius 2 is 1.94 bits per heavy atom. The molecule has 1 aliphatic rings. The van der Waals surface area contributed by atoms with E-state index in [0.717, 1.165) is 31.0 Å². The van der Waals surface area contributed by atoms with E-state index >= 15 is 0 Å². The predicted octanol–water partition coefficient (Wildman–Crippen LogP) is 3.07. The van der Waals surface area contributed by atoms with Crippen molar-refractivity contribution in [3.63, 3.8) is 0 Å². The van der Waals surface area contributed by atoms with Gasteiger partial charge in [0.2, 0.25) is 0 Å². The number of benzene rings is 1. The minimum atomic E-state index is -0.165. The summed E-state index contributed by atoms with van der Waals surface area (Å²) >= 11 is 0. The molecule has 0 saturated heterocycles. The van der Waals surface area contributed by atoms with Gasteiger partial charge in [0.15, 0.2) is 0 Å². The van der Waals surface area contributed by atoms with Gasteiger partial charge in [-0.3, -0.25) is 0 Å². The molecule has 1 aromatic rings. The summed E-state index contributed by atoms with van der Waals surface area (Å²) in [7, 11) is 0. The van der Waals surface area contributed by atoms with Crippen LogP contribution in [-0.4, -0.2) is 12.6 Å². The zero-order valence-corrected chi connectivity index (χ0v) is 9.45. The number of hydrogen-bond donors (Lipinski definition) is 1. The van der Waals surface area contributed by atoms with Crippen molar-refractivity contribution in [2.45, 2.75) is 31.7 Å². The molecule has 86 valence electrons. The average Bonchev–Trinajstić information content (AvgIpc) is 3.10. The summed E-state index contributed by atoms with van der Waals surface area (Å²) in [4.78, 5) is 0. The summed E-state index contributed by atoms with van der Waals surface area (Å²) < 4.78 is 12.6. The fraction of sp³-hybridized carbons (Fsp3) is 0.429. The van der Waals surface area contributed by atoms with E-state index in [2.05, 4.69) is 17.5 Å². The molecule has 0 atom stereocenters. The van der Waals surface area contributed by atoms with Crippen molar-refractivity contribution >= 4 is 0 Å². The van der Waals surface area contributed by atoms with Gasteiger partial charge >= 0.3 is 0 Å². The van der Waals surface area contributed by atoms with Crippen LogP contribution in [0.5, 0.6) is 0 Å². The van der Waals surface area contributed by atoms with Gasteiger partial charge in [0.05, 0.1) is 0 Å². The van der Waals surface area contributed by atoms with Crippen LogP contribution >= 0.6 is 0 Å². The van der Waals surface area contributed by atoms with Crippen LogP contribution in [-0.2, 0) is 6.42 Å². The van der Waals surface area contributed by atoms with Gasteiger partial charge in [-0.1, -0.05) is 24.3 Å². The minimum Gasteiger partial charge on any atom is -0.314 e. The Morgan fingerprint density at radius 3 is 2.62 bits per heavy atom. The largest absolute Gasteiger partial charge is 0.314 e. The third kappa shape index (κ3) is 4.15. The first-order valence-corrected chi connectivity index (χ1v) is 5.97. The fourth-order valence-corrected chi connectivity index (χ4v) is 1.62. The second-order valence-corrected chi connectivity index (χ2v) is 4.32. The Hall–Kier alpha value is -1.15. The van der Waals surface area contributed by atoms with Gasteiger partial charge in [-0.05, 0) is 49.9 Å². The maximum Gasteiger partial charge on any atom is 0.123 e. The Bertz CT molecular complexity index is 338. The molecule has 1 N–H and O–H groups in total. The van der Waals surface area contributed by atoms with Crippen molar-refractivity contribution in [3.05, 3.63) is 47.8 Å². The molecule has 16 heavy (non-hydrogen) atoms. The standard InChI is InChI=1S/C14H18FN/c15-13-7-5-12(6-8-13)4-2-1-3-11-16-14-9-10-14/h1-2,5-8,14,16H,3-4,9-11H2. The zero-order chi connectivity index (χ0) is 11.2. The first-order valence-electron chi connectivity index (χ1n) is 5.97. The summed E-state index contributed by atoms with van der Waals surface area (Å²) in [5.74, 6) is -0.165.